The summed E-state index contributed by atoms with van der Waals surface area (Å²) in [5.41, 5.74) is 2.64. The molecule has 0 aliphatic rings. The van der Waals surface area contributed by atoms with Crippen molar-refractivity contribution in [1.29, 1.82) is 0 Å². The smallest absolute Gasteiger partial charge is 0.335 e. The number of carbonyl (C=O) groups is 2. The second-order valence-corrected chi connectivity index (χ2v) is 5.93. The summed E-state index contributed by atoms with van der Waals surface area (Å²) >= 11 is 0. The molecule has 0 atom stereocenters. The van der Waals surface area contributed by atoms with Crippen molar-refractivity contribution in [1.82, 2.24) is 5.43 Å². The Kier molecular flexibility index (Phi) is 5.87. The minimum atomic E-state index is -1.05. The van der Waals surface area contributed by atoms with Gasteiger partial charge < -0.3 is 14.3 Å². The van der Waals surface area contributed by atoms with E-state index in [4.69, 9.17) is 14.3 Å². The van der Waals surface area contributed by atoms with Gasteiger partial charge >= 0.3 is 5.97 Å². The third-order valence-corrected chi connectivity index (χ3v) is 4.02. The van der Waals surface area contributed by atoms with Gasteiger partial charge in [-0.1, -0.05) is 12.1 Å². The molecule has 152 valence electrons. The lowest BCUT2D eigenvalue weighted by Gasteiger charge is -2.06. The standard InChI is InChI=1S/C20H15N3O7/c1-29-18-7-5-14(23(27)28)10-16(18)19(24)22-21-11-15-6-8-17(30-15)12-3-2-4-13(9-12)20(25)26/h2-11H,1H3,(H,22,24)(H,25,26)/b21-11-. The van der Waals surface area contributed by atoms with Crippen molar-refractivity contribution in [3.05, 3.63) is 81.6 Å². The number of furan rings is 1. The maximum Gasteiger partial charge on any atom is 0.335 e. The van der Waals surface area contributed by atoms with Crippen molar-refractivity contribution in [3.63, 3.8) is 0 Å². The highest BCUT2D eigenvalue weighted by atomic mass is 16.6. The quantitative estimate of drug-likeness (QED) is 0.346. The van der Waals surface area contributed by atoms with Crippen LogP contribution in [-0.2, 0) is 0 Å². The number of carboxylic acid groups (broad SMARTS) is 1. The number of carbonyl (C=O) groups excluding carboxylic acids is 1. The first kappa shape index (κ1) is 20.3. The van der Waals surface area contributed by atoms with Crippen LogP contribution in [0.3, 0.4) is 0 Å². The Morgan fingerprint density at radius 1 is 1.20 bits per heavy atom. The molecule has 0 radical (unpaired) electrons. The Morgan fingerprint density at radius 3 is 2.70 bits per heavy atom. The molecule has 10 heteroatoms. The van der Waals surface area contributed by atoms with Crippen LogP contribution in [-0.4, -0.2) is 35.2 Å². The molecule has 2 N–H and O–H groups in total. The first-order valence-electron chi connectivity index (χ1n) is 8.48. The number of hydrogen-bond donors (Lipinski definition) is 2. The number of amides is 1. The molecule has 0 aliphatic heterocycles. The summed E-state index contributed by atoms with van der Waals surface area (Å²) < 4.78 is 10.6. The molecule has 1 aromatic heterocycles. The fraction of sp³-hybridized carbons (Fsp3) is 0.0500. The minimum absolute atomic E-state index is 0.0468. The number of carboxylic acids is 1. The zero-order valence-electron chi connectivity index (χ0n) is 15.6. The summed E-state index contributed by atoms with van der Waals surface area (Å²) in [6.07, 6.45) is 1.24. The molecule has 1 amide bonds. The molecule has 3 aromatic rings. The number of hydrazone groups is 1. The topological polar surface area (TPSA) is 144 Å². The van der Waals surface area contributed by atoms with Crippen LogP contribution >= 0.6 is 0 Å². The van der Waals surface area contributed by atoms with Gasteiger partial charge in [0, 0.05) is 17.7 Å². The maximum atomic E-state index is 12.3. The third kappa shape index (κ3) is 4.50. The first-order valence-corrected chi connectivity index (χ1v) is 8.48. The molecule has 0 bridgehead atoms. The summed E-state index contributed by atoms with van der Waals surface area (Å²) in [5, 5.41) is 23.8. The summed E-state index contributed by atoms with van der Waals surface area (Å²) in [6.45, 7) is 0. The van der Waals surface area contributed by atoms with Crippen LogP contribution in [0.5, 0.6) is 5.75 Å². The van der Waals surface area contributed by atoms with Crippen LogP contribution in [0.15, 0.2) is 64.1 Å². The number of methoxy groups -OCH3 is 1. The van der Waals surface area contributed by atoms with E-state index >= 15 is 0 Å². The number of rotatable bonds is 7. The number of aromatic carboxylic acids is 1. The van der Waals surface area contributed by atoms with E-state index in [0.717, 1.165) is 6.07 Å². The molecule has 0 fully saturated rings. The van der Waals surface area contributed by atoms with E-state index in [0.29, 0.717) is 17.1 Å². The normalized spacial score (nSPS) is 10.7. The van der Waals surface area contributed by atoms with Gasteiger partial charge in [0.25, 0.3) is 11.6 Å². The van der Waals surface area contributed by atoms with Gasteiger partial charge in [0.05, 0.1) is 29.4 Å². The third-order valence-electron chi connectivity index (χ3n) is 4.02. The maximum absolute atomic E-state index is 12.3. The van der Waals surface area contributed by atoms with E-state index in [2.05, 4.69) is 10.5 Å². The Hall–Kier alpha value is -4.47. The zero-order valence-corrected chi connectivity index (χ0v) is 15.6. The second-order valence-electron chi connectivity index (χ2n) is 5.93. The molecule has 10 nitrogen and oxygen atoms in total. The average molecular weight is 409 g/mol. The molecule has 30 heavy (non-hydrogen) atoms. The number of nitro benzene ring substituents is 1. The highest BCUT2D eigenvalue weighted by Gasteiger charge is 2.17. The van der Waals surface area contributed by atoms with Gasteiger partial charge in [-0.2, -0.15) is 5.10 Å². The molecule has 0 aliphatic carbocycles. The molecule has 0 unspecified atom stereocenters. The van der Waals surface area contributed by atoms with E-state index in [1.165, 1.54) is 37.6 Å². The molecular weight excluding hydrogens is 394 g/mol. The van der Waals surface area contributed by atoms with Crippen molar-refractivity contribution in [2.75, 3.05) is 7.11 Å². The minimum Gasteiger partial charge on any atom is -0.496 e. The van der Waals surface area contributed by atoms with Gasteiger partial charge in [0.1, 0.15) is 17.3 Å². The predicted octanol–water partition coefficient (Wildman–Crippen LogP) is 3.33. The average Bonchev–Trinajstić information content (AvgIpc) is 3.22. The number of nitrogens with zero attached hydrogens (tertiary/aromatic N) is 2. The summed E-state index contributed by atoms with van der Waals surface area (Å²) in [6, 6.07) is 13.1. The van der Waals surface area contributed by atoms with Crippen LogP contribution in [0.4, 0.5) is 5.69 Å². The van der Waals surface area contributed by atoms with Crippen molar-refractivity contribution in [3.8, 4) is 17.1 Å². The number of hydrogen-bond acceptors (Lipinski definition) is 7. The van der Waals surface area contributed by atoms with E-state index < -0.39 is 16.8 Å². The summed E-state index contributed by atoms with van der Waals surface area (Å²) in [7, 11) is 1.34. The van der Waals surface area contributed by atoms with Crippen LogP contribution in [0.1, 0.15) is 26.5 Å². The number of nitro groups is 1. The summed E-state index contributed by atoms with van der Waals surface area (Å²) in [4.78, 5) is 33.7. The molecule has 2 aromatic carbocycles. The fourth-order valence-corrected chi connectivity index (χ4v) is 2.58. The number of ether oxygens (including phenoxy) is 1. The van der Waals surface area contributed by atoms with E-state index in [9.17, 15) is 19.7 Å². The monoisotopic (exact) mass is 409 g/mol. The fourth-order valence-electron chi connectivity index (χ4n) is 2.58. The van der Waals surface area contributed by atoms with Crippen molar-refractivity contribution >= 4 is 23.8 Å². The van der Waals surface area contributed by atoms with Crippen molar-refractivity contribution in [2.24, 2.45) is 5.10 Å². The molecule has 0 saturated heterocycles. The van der Waals surface area contributed by atoms with Gasteiger partial charge in [-0.15, -0.1) is 0 Å². The predicted molar refractivity (Wildman–Crippen MR) is 106 cm³/mol. The van der Waals surface area contributed by atoms with Gasteiger partial charge in [0.15, 0.2) is 0 Å². The van der Waals surface area contributed by atoms with Crippen LogP contribution < -0.4 is 10.2 Å². The van der Waals surface area contributed by atoms with Crippen molar-refractivity contribution in [2.45, 2.75) is 0 Å². The Labute approximate surface area is 169 Å². The number of non-ortho nitro benzene ring substituents is 1. The Bertz CT molecular complexity index is 1150. The van der Waals surface area contributed by atoms with E-state index in [1.807, 2.05) is 0 Å². The van der Waals surface area contributed by atoms with Gasteiger partial charge in [0.2, 0.25) is 0 Å². The first-order chi connectivity index (χ1) is 14.4. The SMILES string of the molecule is COc1ccc([N+](=O)[O-])cc1C(=O)N/N=C\c1ccc(-c2cccc(C(=O)O)c2)o1. The Balaban J connectivity index is 1.73. The van der Waals surface area contributed by atoms with Crippen molar-refractivity contribution < 1.29 is 28.8 Å². The molecule has 0 spiro atoms. The highest BCUT2D eigenvalue weighted by molar-refractivity contribution is 5.98. The largest absolute Gasteiger partial charge is 0.496 e. The lowest BCUT2D eigenvalue weighted by molar-refractivity contribution is -0.384. The number of benzene rings is 2. The van der Waals surface area contributed by atoms with Crippen LogP contribution in [0, 0.1) is 10.1 Å². The highest BCUT2D eigenvalue weighted by Crippen LogP contribution is 2.24. The van der Waals surface area contributed by atoms with Crippen LogP contribution in [0.2, 0.25) is 0 Å². The molecule has 0 saturated carbocycles. The lowest BCUT2D eigenvalue weighted by atomic mass is 10.1. The second kappa shape index (κ2) is 8.69. The van der Waals surface area contributed by atoms with Gasteiger partial charge in [-0.3, -0.25) is 14.9 Å². The summed E-state index contributed by atoms with van der Waals surface area (Å²) in [5.74, 6) is -0.868. The van der Waals surface area contributed by atoms with Crippen LogP contribution in [0.25, 0.3) is 11.3 Å². The van der Waals surface area contributed by atoms with Gasteiger partial charge in [-0.05, 0) is 30.3 Å². The lowest BCUT2D eigenvalue weighted by Crippen LogP contribution is -2.18. The molecular formula is C20H15N3O7. The Morgan fingerprint density at radius 2 is 2.00 bits per heavy atom. The van der Waals surface area contributed by atoms with Gasteiger partial charge in [-0.25, -0.2) is 10.2 Å². The molecule has 1 heterocycles. The zero-order chi connectivity index (χ0) is 21.7. The number of nitrogens with one attached hydrogen (secondary N) is 1. The molecule has 3 rings (SSSR count). The van der Waals surface area contributed by atoms with E-state index in [1.54, 1.807) is 24.3 Å². The van der Waals surface area contributed by atoms with E-state index in [-0.39, 0.29) is 22.6 Å².